The first-order valence-electron chi connectivity index (χ1n) is 9.81. The Balaban J connectivity index is 1.69. The molecule has 0 radical (unpaired) electrons. The number of rotatable bonds is 7. The third kappa shape index (κ3) is 4.65. The zero-order valence-electron chi connectivity index (χ0n) is 17.0. The van der Waals surface area contributed by atoms with Crippen molar-refractivity contribution in [3.05, 3.63) is 42.0 Å². The van der Waals surface area contributed by atoms with Crippen LogP contribution < -0.4 is 4.74 Å². The molecule has 0 aliphatic carbocycles. The van der Waals surface area contributed by atoms with Gasteiger partial charge in [0.1, 0.15) is 5.82 Å². The summed E-state index contributed by atoms with van der Waals surface area (Å²) in [5.74, 6) is 1.63. The van der Waals surface area contributed by atoms with E-state index in [1.54, 1.807) is 12.1 Å². The minimum Gasteiger partial charge on any atom is -0.504 e. The summed E-state index contributed by atoms with van der Waals surface area (Å²) in [6.45, 7) is 3.37. The molecule has 0 unspecified atom stereocenters. The number of benzene rings is 1. The third-order valence-electron chi connectivity index (χ3n) is 5.25. The van der Waals surface area contributed by atoms with Crippen LogP contribution in [0.1, 0.15) is 41.4 Å². The molecular formula is C21H30N4O3. The maximum Gasteiger partial charge on any atom is 0.254 e. The topological polar surface area (TPSA) is 70.8 Å². The fourth-order valence-corrected chi connectivity index (χ4v) is 3.79. The van der Waals surface area contributed by atoms with Crippen molar-refractivity contribution in [3.63, 3.8) is 0 Å². The number of carbonyl (C=O) groups is 1. The van der Waals surface area contributed by atoms with E-state index < -0.39 is 0 Å². The van der Waals surface area contributed by atoms with Gasteiger partial charge in [-0.1, -0.05) is 0 Å². The maximum absolute atomic E-state index is 13.0. The van der Waals surface area contributed by atoms with Gasteiger partial charge in [-0.3, -0.25) is 4.79 Å². The summed E-state index contributed by atoms with van der Waals surface area (Å²) in [4.78, 5) is 21.7. The van der Waals surface area contributed by atoms with Gasteiger partial charge < -0.3 is 24.2 Å². The number of phenolic OH excluding ortho intramolecular Hbond substituents is 1. The molecule has 7 heteroatoms. The second-order valence-electron chi connectivity index (χ2n) is 7.61. The van der Waals surface area contributed by atoms with Crippen molar-refractivity contribution in [2.75, 3.05) is 40.8 Å². The molecule has 1 aliphatic heterocycles. The van der Waals surface area contributed by atoms with Crippen LogP contribution in [-0.2, 0) is 6.54 Å². The molecule has 28 heavy (non-hydrogen) atoms. The van der Waals surface area contributed by atoms with E-state index in [2.05, 4.69) is 28.5 Å². The van der Waals surface area contributed by atoms with Gasteiger partial charge in [0.25, 0.3) is 5.91 Å². The van der Waals surface area contributed by atoms with Gasteiger partial charge in [0.05, 0.1) is 7.11 Å². The molecule has 1 N–H and O–H groups in total. The molecule has 2 heterocycles. The van der Waals surface area contributed by atoms with Crippen molar-refractivity contribution in [1.82, 2.24) is 19.4 Å². The summed E-state index contributed by atoms with van der Waals surface area (Å²) in [7, 11) is 5.64. The molecule has 1 amide bonds. The number of hydrogen-bond donors (Lipinski definition) is 1. The first kappa shape index (κ1) is 20.2. The second kappa shape index (κ2) is 9.10. The number of aromatic nitrogens is 2. The Hall–Kier alpha value is -2.54. The number of imidazole rings is 1. The number of amides is 1. The summed E-state index contributed by atoms with van der Waals surface area (Å²) in [6, 6.07) is 4.75. The van der Waals surface area contributed by atoms with Gasteiger partial charge in [-0.05, 0) is 58.1 Å². The lowest BCUT2D eigenvalue weighted by Gasteiger charge is -2.33. The highest BCUT2D eigenvalue weighted by atomic mass is 16.5. The Morgan fingerprint density at radius 3 is 2.96 bits per heavy atom. The minimum atomic E-state index is -0.0336. The predicted molar refractivity (Wildman–Crippen MR) is 108 cm³/mol. The Morgan fingerprint density at radius 1 is 1.39 bits per heavy atom. The number of carbonyl (C=O) groups excluding carboxylic acids is 1. The molecule has 1 saturated heterocycles. The standard InChI is InChI=1S/C21H30N4O3/c1-23(2)10-5-12-24-13-9-22-20(24)17-6-4-11-25(15-17)21(27)16-7-8-18(26)19(14-16)28-3/h7-9,13-14,17,26H,4-6,10-12,15H2,1-3H3/t17-/m0/s1. The highest BCUT2D eigenvalue weighted by Gasteiger charge is 2.28. The van der Waals surface area contributed by atoms with Crippen LogP contribution in [0, 0.1) is 0 Å². The van der Waals surface area contributed by atoms with Crippen LogP contribution in [0.3, 0.4) is 0 Å². The highest BCUT2D eigenvalue weighted by Crippen LogP contribution is 2.30. The second-order valence-corrected chi connectivity index (χ2v) is 7.61. The van der Waals surface area contributed by atoms with Crippen molar-refractivity contribution < 1.29 is 14.6 Å². The van der Waals surface area contributed by atoms with Crippen molar-refractivity contribution in [1.29, 1.82) is 0 Å². The van der Waals surface area contributed by atoms with E-state index in [9.17, 15) is 9.90 Å². The first-order chi connectivity index (χ1) is 13.5. The average Bonchev–Trinajstić information content (AvgIpc) is 3.16. The largest absolute Gasteiger partial charge is 0.504 e. The van der Waals surface area contributed by atoms with Crippen LogP contribution >= 0.6 is 0 Å². The smallest absolute Gasteiger partial charge is 0.254 e. The lowest BCUT2D eigenvalue weighted by molar-refractivity contribution is 0.0703. The summed E-state index contributed by atoms with van der Waals surface area (Å²) in [5, 5.41) is 9.77. The molecule has 1 fully saturated rings. The molecule has 152 valence electrons. The monoisotopic (exact) mass is 386 g/mol. The molecule has 3 rings (SSSR count). The zero-order valence-corrected chi connectivity index (χ0v) is 17.0. The van der Waals surface area contributed by atoms with Crippen molar-refractivity contribution in [2.45, 2.75) is 31.7 Å². The van der Waals surface area contributed by atoms with Gasteiger partial charge in [-0.25, -0.2) is 4.98 Å². The van der Waals surface area contributed by atoms with Gasteiger partial charge >= 0.3 is 0 Å². The fraction of sp³-hybridized carbons (Fsp3) is 0.524. The summed E-state index contributed by atoms with van der Waals surface area (Å²) < 4.78 is 7.36. The van der Waals surface area contributed by atoms with Crippen LogP contribution in [-0.4, -0.2) is 71.2 Å². The van der Waals surface area contributed by atoms with E-state index in [0.717, 1.165) is 44.7 Å². The van der Waals surface area contributed by atoms with Crippen molar-refractivity contribution in [3.8, 4) is 11.5 Å². The highest BCUT2D eigenvalue weighted by molar-refractivity contribution is 5.95. The number of aromatic hydroxyl groups is 1. The number of phenols is 1. The average molecular weight is 386 g/mol. The first-order valence-corrected chi connectivity index (χ1v) is 9.81. The summed E-state index contributed by atoms with van der Waals surface area (Å²) in [5.41, 5.74) is 0.532. The molecular weight excluding hydrogens is 356 g/mol. The SMILES string of the molecule is COc1cc(C(=O)N2CCC[C@H](c3nccn3CCCN(C)C)C2)ccc1O. The van der Waals surface area contributed by atoms with Crippen molar-refractivity contribution >= 4 is 5.91 Å². The quantitative estimate of drug-likeness (QED) is 0.792. The summed E-state index contributed by atoms with van der Waals surface area (Å²) >= 11 is 0. The number of nitrogens with zero attached hydrogens (tertiary/aromatic N) is 4. The molecule has 1 aromatic carbocycles. The summed E-state index contributed by atoms with van der Waals surface area (Å²) in [6.07, 6.45) is 6.95. The van der Waals surface area contributed by atoms with Gasteiger partial charge in [-0.2, -0.15) is 0 Å². The van der Waals surface area contributed by atoms with Crippen molar-refractivity contribution in [2.24, 2.45) is 0 Å². The van der Waals surface area contributed by atoms with Crippen LogP contribution in [0.5, 0.6) is 11.5 Å². The zero-order chi connectivity index (χ0) is 20.1. The van der Waals surface area contributed by atoms with Crippen LogP contribution in [0.15, 0.2) is 30.6 Å². The third-order valence-corrected chi connectivity index (χ3v) is 5.25. The van der Waals surface area contributed by atoms with E-state index >= 15 is 0 Å². The van der Waals surface area contributed by atoms with Gasteiger partial charge in [0.15, 0.2) is 11.5 Å². The number of likely N-dealkylation sites (tertiary alicyclic amines) is 1. The number of methoxy groups -OCH3 is 1. The minimum absolute atomic E-state index is 0.0336. The van der Waals surface area contributed by atoms with Crippen LogP contribution in [0.2, 0.25) is 0 Å². The fourth-order valence-electron chi connectivity index (χ4n) is 3.79. The molecule has 1 atom stereocenters. The lowest BCUT2D eigenvalue weighted by Crippen LogP contribution is -2.39. The molecule has 1 aliphatic rings. The Kier molecular flexibility index (Phi) is 6.57. The maximum atomic E-state index is 13.0. The van der Waals surface area contributed by atoms with Crippen LogP contribution in [0.25, 0.3) is 0 Å². The Labute approximate surface area is 166 Å². The molecule has 0 bridgehead atoms. The molecule has 0 spiro atoms. The molecule has 7 nitrogen and oxygen atoms in total. The van der Waals surface area contributed by atoms with E-state index in [-0.39, 0.29) is 17.6 Å². The van der Waals surface area contributed by atoms with Gasteiger partial charge in [-0.15, -0.1) is 0 Å². The lowest BCUT2D eigenvalue weighted by atomic mass is 9.96. The molecule has 0 saturated carbocycles. The van der Waals surface area contributed by atoms with Gasteiger partial charge in [0.2, 0.25) is 0 Å². The van der Waals surface area contributed by atoms with Crippen LogP contribution in [0.4, 0.5) is 0 Å². The van der Waals surface area contributed by atoms with Gasteiger partial charge in [0, 0.05) is 43.5 Å². The van der Waals surface area contributed by atoms with E-state index in [0.29, 0.717) is 17.9 Å². The Bertz CT molecular complexity index is 803. The number of aryl methyl sites for hydroxylation is 1. The molecule has 1 aromatic heterocycles. The molecule has 2 aromatic rings. The van der Waals surface area contributed by atoms with E-state index in [1.807, 2.05) is 17.3 Å². The predicted octanol–water partition coefficient (Wildman–Crippen LogP) is 2.57. The van der Waals surface area contributed by atoms with E-state index in [1.165, 1.54) is 13.2 Å². The number of hydrogen-bond acceptors (Lipinski definition) is 5. The normalized spacial score (nSPS) is 17.1. The number of piperidine rings is 1. The van der Waals surface area contributed by atoms with E-state index in [4.69, 9.17) is 4.74 Å². The number of ether oxygens (including phenoxy) is 1. The Morgan fingerprint density at radius 2 is 2.21 bits per heavy atom.